The van der Waals surface area contributed by atoms with Crippen LogP contribution in [-0.4, -0.2) is 5.91 Å². The highest BCUT2D eigenvalue weighted by Crippen LogP contribution is 2.38. The second kappa shape index (κ2) is 5.56. The van der Waals surface area contributed by atoms with E-state index in [1.165, 1.54) is 4.88 Å². The van der Waals surface area contributed by atoms with Crippen molar-refractivity contribution in [3.05, 3.63) is 82.0 Å². The van der Waals surface area contributed by atoms with Crippen LogP contribution >= 0.6 is 11.3 Å². The first-order chi connectivity index (χ1) is 11.2. The van der Waals surface area contributed by atoms with Gasteiger partial charge in [-0.2, -0.15) is 0 Å². The molecule has 0 bridgehead atoms. The molecule has 0 fully saturated rings. The van der Waals surface area contributed by atoms with E-state index in [4.69, 9.17) is 0 Å². The summed E-state index contributed by atoms with van der Waals surface area (Å²) >= 11 is 1.71. The van der Waals surface area contributed by atoms with E-state index in [1.807, 2.05) is 59.5 Å². The number of amides is 1. The van der Waals surface area contributed by atoms with Crippen molar-refractivity contribution >= 4 is 28.6 Å². The van der Waals surface area contributed by atoms with Crippen LogP contribution in [0.2, 0.25) is 0 Å². The molecule has 1 atom stereocenters. The molecule has 1 aliphatic rings. The average molecular weight is 320 g/mol. The lowest BCUT2D eigenvalue weighted by molar-refractivity contribution is 0.0975. The summed E-state index contributed by atoms with van der Waals surface area (Å²) in [5, 5.41) is 3.52. The normalized spacial score (nSPS) is 16.8. The van der Waals surface area contributed by atoms with Crippen LogP contribution in [0.5, 0.6) is 0 Å². The van der Waals surface area contributed by atoms with Gasteiger partial charge in [0.05, 0.1) is 5.56 Å². The largest absolute Gasteiger partial charge is 0.360 e. The Labute approximate surface area is 139 Å². The van der Waals surface area contributed by atoms with E-state index in [0.29, 0.717) is 5.56 Å². The first-order valence-electron chi connectivity index (χ1n) is 7.54. The summed E-state index contributed by atoms with van der Waals surface area (Å²) in [5.41, 5.74) is 2.50. The lowest BCUT2D eigenvalue weighted by Gasteiger charge is -2.37. The fourth-order valence-electron chi connectivity index (χ4n) is 2.91. The zero-order valence-corrected chi connectivity index (χ0v) is 13.5. The number of hydrogen-bond donors (Lipinski definition) is 1. The van der Waals surface area contributed by atoms with Gasteiger partial charge >= 0.3 is 0 Å². The topological polar surface area (TPSA) is 32.3 Å². The van der Waals surface area contributed by atoms with Gasteiger partial charge in [-0.15, -0.1) is 11.3 Å². The van der Waals surface area contributed by atoms with Crippen LogP contribution < -0.4 is 10.2 Å². The Morgan fingerprint density at radius 3 is 2.43 bits per heavy atom. The van der Waals surface area contributed by atoms with Gasteiger partial charge in [-0.3, -0.25) is 9.69 Å². The first kappa shape index (κ1) is 14.0. The Morgan fingerprint density at radius 1 is 0.957 bits per heavy atom. The molecule has 1 amide bonds. The summed E-state index contributed by atoms with van der Waals surface area (Å²) in [4.78, 5) is 17.3. The van der Waals surface area contributed by atoms with Crippen molar-refractivity contribution in [1.82, 2.24) is 0 Å². The van der Waals surface area contributed by atoms with Crippen molar-refractivity contribution in [2.24, 2.45) is 0 Å². The van der Waals surface area contributed by atoms with Crippen molar-refractivity contribution in [2.45, 2.75) is 13.1 Å². The van der Waals surface area contributed by atoms with E-state index < -0.39 is 0 Å². The lowest BCUT2D eigenvalue weighted by Crippen LogP contribution is -2.42. The third-order valence-electron chi connectivity index (χ3n) is 3.99. The second-order valence-corrected chi connectivity index (χ2v) is 6.87. The maximum Gasteiger partial charge on any atom is 0.262 e. The van der Waals surface area contributed by atoms with Crippen LogP contribution in [0.15, 0.2) is 66.7 Å². The fourth-order valence-corrected chi connectivity index (χ4v) is 3.83. The number of fused-ring (bicyclic) bond motifs is 1. The molecule has 0 unspecified atom stereocenters. The summed E-state index contributed by atoms with van der Waals surface area (Å²) in [6.07, 6.45) is -0.182. The number of rotatable bonds is 2. The maximum atomic E-state index is 13.1. The minimum Gasteiger partial charge on any atom is -0.360 e. The van der Waals surface area contributed by atoms with Crippen molar-refractivity contribution in [2.75, 3.05) is 10.2 Å². The highest BCUT2D eigenvalue weighted by molar-refractivity contribution is 7.12. The number of carbonyl (C=O) groups is 1. The molecule has 2 heterocycles. The SMILES string of the molecule is Cc1ccc([C@@H]2Nc3ccccc3C(=O)N2c2ccccc2)s1. The molecular weight excluding hydrogens is 304 g/mol. The van der Waals surface area contributed by atoms with Gasteiger partial charge < -0.3 is 5.32 Å². The third-order valence-corrected chi connectivity index (χ3v) is 5.04. The molecule has 1 N–H and O–H groups in total. The molecule has 0 saturated carbocycles. The molecule has 2 aromatic carbocycles. The minimum absolute atomic E-state index is 0.0293. The molecule has 0 radical (unpaired) electrons. The maximum absolute atomic E-state index is 13.1. The van der Waals surface area contributed by atoms with Crippen LogP contribution in [0, 0.1) is 6.92 Å². The van der Waals surface area contributed by atoms with Gasteiger partial charge in [-0.05, 0) is 43.3 Å². The number of carbonyl (C=O) groups excluding carboxylic acids is 1. The molecule has 0 spiro atoms. The highest BCUT2D eigenvalue weighted by Gasteiger charge is 2.34. The van der Waals surface area contributed by atoms with Crippen LogP contribution in [0.25, 0.3) is 0 Å². The van der Waals surface area contributed by atoms with Crippen molar-refractivity contribution in [3.63, 3.8) is 0 Å². The van der Waals surface area contributed by atoms with Crippen LogP contribution in [-0.2, 0) is 0 Å². The van der Waals surface area contributed by atoms with Gasteiger partial charge in [0, 0.05) is 21.1 Å². The lowest BCUT2D eigenvalue weighted by atomic mass is 10.1. The van der Waals surface area contributed by atoms with Crippen LogP contribution in [0.1, 0.15) is 26.3 Å². The Bertz CT molecular complexity index is 857. The molecule has 0 aliphatic carbocycles. The molecule has 23 heavy (non-hydrogen) atoms. The molecule has 3 aromatic rings. The molecule has 3 nitrogen and oxygen atoms in total. The Hall–Kier alpha value is -2.59. The standard InChI is InChI=1S/C19H16N2OS/c1-13-11-12-17(23-13)18-20-16-10-6-5-9-15(16)19(22)21(18)14-7-3-2-4-8-14/h2-12,18,20H,1H3/t18-/m1/s1. The first-order valence-corrected chi connectivity index (χ1v) is 8.36. The quantitative estimate of drug-likeness (QED) is 0.733. The number of benzene rings is 2. The summed E-state index contributed by atoms with van der Waals surface area (Å²) < 4.78 is 0. The van der Waals surface area contributed by atoms with Crippen molar-refractivity contribution in [1.29, 1.82) is 0 Å². The summed E-state index contributed by atoms with van der Waals surface area (Å²) in [6.45, 7) is 2.08. The molecule has 114 valence electrons. The Morgan fingerprint density at radius 2 is 1.70 bits per heavy atom. The van der Waals surface area contributed by atoms with Crippen LogP contribution in [0.4, 0.5) is 11.4 Å². The molecule has 1 aromatic heterocycles. The summed E-state index contributed by atoms with van der Waals surface area (Å²) in [6, 6.07) is 21.7. The summed E-state index contributed by atoms with van der Waals surface area (Å²) in [5.74, 6) is 0.0293. The van der Waals surface area contributed by atoms with Crippen molar-refractivity contribution < 1.29 is 4.79 Å². The minimum atomic E-state index is -0.182. The predicted molar refractivity (Wildman–Crippen MR) is 95.1 cm³/mol. The van der Waals surface area contributed by atoms with E-state index in [9.17, 15) is 4.79 Å². The fraction of sp³-hybridized carbons (Fsp3) is 0.105. The van der Waals surface area contributed by atoms with E-state index in [0.717, 1.165) is 16.3 Å². The molecule has 4 rings (SSSR count). The number of aryl methyl sites for hydroxylation is 1. The van der Waals surface area contributed by atoms with Crippen LogP contribution in [0.3, 0.4) is 0 Å². The van der Waals surface area contributed by atoms with E-state index in [-0.39, 0.29) is 12.1 Å². The van der Waals surface area contributed by atoms with Gasteiger partial charge in [0.25, 0.3) is 5.91 Å². The van der Waals surface area contributed by atoms with E-state index >= 15 is 0 Å². The molecule has 4 heteroatoms. The number of para-hydroxylation sites is 2. The number of thiophene rings is 1. The number of nitrogens with zero attached hydrogens (tertiary/aromatic N) is 1. The zero-order chi connectivity index (χ0) is 15.8. The van der Waals surface area contributed by atoms with Gasteiger partial charge in [0.2, 0.25) is 0 Å². The Balaban J connectivity index is 1.86. The Kier molecular flexibility index (Phi) is 3.39. The highest BCUT2D eigenvalue weighted by atomic mass is 32.1. The van der Waals surface area contributed by atoms with E-state index in [2.05, 4.69) is 24.4 Å². The monoisotopic (exact) mass is 320 g/mol. The number of anilines is 2. The predicted octanol–water partition coefficient (Wildman–Crippen LogP) is 4.83. The number of nitrogens with one attached hydrogen (secondary N) is 1. The van der Waals surface area contributed by atoms with Gasteiger partial charge in [-0.25, -0.2) is 0 Å². The van der Waals surface area contributed by atoms with E-state index in [1.54, 1.807) is 11.3 Å². The van der Waals surface area contributed by atoms with Crippen molar-refractivity contribution in [3.8, 4) is 0 Å². The van der Waals surface area contributed by atoms with Gasteiger partial charge in [0.15, 0.2) is 0 Å². The molecule has 1 aliphatic heterocycles. The smallest absolute Gasteiger partial charge is 0.262 e. The van der Waals surface area contributed by atoms with Gasteiger partial charge in [0.1, 0.15) is 6.17 Å². The molecular formula is C19H16N2OS. The third kappa shape index (κ3) is 2.41. The average Bonchev–Trinajstić information content (AvgIpc) is 3.02. The zero-order valence-electron chi connectivity index (χ0n) is 12.7. The number of hydrogen-bond acceptors (Lipinski definition) is 3. The van der Waals surface area contributed by atoms with Gasteiger partial charge in [-0.1, -0.05) is 30.3 Å². The molecule has 0 saturated heterocycles. The second-order valence-electron chi connectivity index (χ2n) is 5.55. The summed E-state index contributed by atoms with van der Waals surface area (Å²) in [7, 11) is 0.